The zero-order chi connectivity index (χ0) is 14.7. The Morgan fingerprint density at radius 2 is 1.81 bits per heavy atom. The standard InChI is InChI=1S/C17H17ClN2O/c18-15-7-3-4-8-16(15)19-17(21)12-20-10-9-13-5-1-2-6-14(13)11-20/h1-8H,9-12H2,(H,19,21)/p+1. The number of fused-ring (bicyclic) bond motifs is 1. The van der Waals surface area contributed by atoms with E-state index in [2.05, 4.69) is 29.6 Å². The number of carbonyl (C=O) groups is 1. The summed E-state index contributed by atoms with van der Waals surface area (Å²) in [7, 11) is 0. The van der Waals surface area contributed by atoms with E-state index in [1.165, 1.54) is 16.0 Å². The van der Waals surface area contributed by atoms with E-state index in [9.17, 15) is 4.79 Å². The van der Waals surface area contributed by atoms with Crippen LogP contribution in [-0.4, -0.2) is 19.0 Å². The lowest BCUT2D eigenvalue weighted by atomic mass is 10.00. The molecule has 0 radical (unpaired) electrons. The van der Waals surface area contributed by atoms with Crippen LogP contribution in [0.1, 0.15) is 11.1 Å². The van der Waals surface area contributed by atoms with Crippen LogP contribution in [0.4, 0.5) is 5.69 Å². The van der Waals surface area contributed by atoms with Gasteiger partial charge >= 0.3 is 0 Å². The first kappa shape index (κ1) is 14.1. The number of nitrogens with one attached hydrogen (secondary N) is 2. The number of amides is 1. The lowest BCUT2D eigenvalue weighted by Gasteiger charge is -2.25. The Morgan fingerprint density at radius 1 is 1.10 bits per heavy atom. The van der Waals surface area contributed by atoms with E-state index < -0.39 is 0 Å². The molecule has 2 aromatic rings. The van der Waals surface area contributed by atoms with Crippen molar-refractivity contribution in [2.45, 2.75) is 13.0 Å². The summed E-state index contributed by atoms with van der Waals surface area (Å²) >= 11 is 6.06. The fourth-order valence-corrected chi connectivity index (χ4v) is 2.96. The van der Waals surface area contributed by atoms with Crippen molar-refractivity contribution in [3.8, 4) is 0 Å². The zero-order valence-corrected chi connectivity index (χ0v) is 12.5. The highest BCUT2D eigenvalue weighted by Gasteiger charge is 2.21. The van der Waals surface area contributed by atoms with Gasteiger partial charge in [0.15, 0.2) is 6.54 Å². The number of benzene rings is 2. The second kappa shape index (κ2) is 6.29. The van der Waals surface area contributed by atoms with Crippen molar-refractivity contribution < 1.29 is 9.69 Å². The largest absolute Gasteiger partial charge is 0.323 e. The van der Waals surface area contributed by atoms with Crippen LogP contribution in [0, 0.1) is 0 Å². The molecular formula is C17H18ClN2O+. The van der Waals surface area contributed by atoms with E-state index >= 15 is 0 Å². The Balaban J connectivity index is 1.60. The fourth-order valence-electron chi connectivity index (χ4n) is 2.78. The third kappa shape index (κ3) is 3.43. The van der Waals surface area contributed by atoms with E-state index in [1.54, 1.807) is 6.07 Å². The summed E-state index contributed by atoms with van der Waals surface area (Å²) in [5, 5.41) is 3.46. The van der Waals surface area contributed by atoms with Crippen molar-refractivity contribution in [2.75, 3.05) is 18.4 Å². The molecule has 2 N–H and O–H groups in total. The topological polar surface area (TPSA) is 33.5 Å². The van der Waals surface area contributed by atoms with Gasteiger partial charge in [-0.1, -0.05) is 48.0 Å². The van der Waals surface area contributed by atoms with E-state index in [-0.39, 0.29) is 5.91 Å². The minimum Gasteiger partial charge on any atom is -0.323 e. The number of anilines is 1. The van der Waals surface area contributed by atoms with E-state index in [1.807, 2.05) is 18.2 Å². The van der Waals surface area contributed by atoms with E-state index in [0.717, 1.165) is 19.5 Å². The Kier molecular flexibility index (Phi) is 4.23. The van der Waals surface area contributed by atoms with E-state index in [4.69, 9.17) is 11.6 Å². The minimum absolute atomic E-state index is 0.0116. The van der Waals surface area contributed by atoms with Gasteiger partial charge in [-0.05, 0) is 17.7 Å². The Hall–Kier alpha value is -1.84. The molecule has 1 atom stereocenters. The van der Waals surface area contributed by atoms with Gasteiger partial charge in [0.25, 0.3) is 5.91 Å². The number of rotatable bonds is 3. The van der Waals surface area contributed by atoms with Crippen LogP contribution >= 0.6 is 11.6 Å². The van der Waals surface area contributed by atoms with Crippen molar-refractivity contribution in [2.24, 2.45) is 0 Å². The molecule has 1 unspecified atom stereocenters. The monoisotopic (exact) mass is 301 g/mol. The molecule has 1 amide bonds. The summed E-state index contributed by atoms with van der Waals surface area (Å²) in [4.78, 5) is 13.4. The molecule has 21 heavy (non-hydrogen) atoms. The Labute approximate surface area is 129 Å². The first-order valence-electron chi connectivity index (χ1n) is 7.17. The smallest absolute Gasteiger partial charge is 0.279 e. The Bertz CT molecular complexity index is 657. The molecule has 1 heterocycles. The van der Waals surface area contributed by atoms with Crippen LogP contribution in [0.25, 0.3) is 0 Å². The van der Waals surface area contributed by atoms with Crippen molar-refractivity contribution in [3.05, 3.63) is 64.7 Å². The molecule has 0 aromatic heterocycles. The van der Waals surface area contributed by atoms with Crippen LogP contribution in [0.2, 0.25) is 5.02 Å². The van der Waals surface area contributed by atoms with Gasteiger partial charge in [0.05, 0.1) is 17.3 Å². The number of halogens is 1. The first-order valence-corrected chi connectivity index (χ1v) is 7.55. The van der Waals surface area contributed by atoms with Crippen LogP contribution in [0.15, 0.2) is 48.5 Å². The summed E-state index contributed by atoms with van der Waals surface area (Å²) in [6.07, 6.45) is 1.03. The van der Waals surface area contributed by atoms with E-state index in [0.29, 0.717) is 17.3 Å². The van der Waals surface area contributed by atoms with Crippen LogP contribution < -0.4 is 10.2 Å². The molecule has 0 aliphatic carbocycles. The molecule has 3 rings (SSSR count). The van der Waals surface area contributed by atoms with Crippen molar-refractivity contribution in [3.63, 3.8) is 0 Å². The summed E-state index contributed by atoms with van der Waals surface area (Å²) < 4.78 is 0. The Morgan fingerprint density at radius 3 is 2.62 bits per heavy atom. The molecule has 0 saturated heterocycles. The first-order chi connectivity index (χ1) is 10.2. The molecule has 1 aliphatic rings. The van der Waals surface area contributed by atoms with Crippen molar-refractivity contribution in [1.29, 1.82) is 0 Å². The molecule has 4 heteroatoms. The van der Waals surface area contributed by atoms with Crippen molar-refractivity contribution >= 4 is 23.2 Å². The summed E-state index contributed by atoms with van der Waals surface area (Å²) in [5.41, 5.74) is 3.44. The van der Waals surface area contributed by atoms with Gasteiger partial charge in [-0.15, -0.1) is 0 Å². The van der Waals surface area contributed by atoms with Gasteiger partial charge in [0.1, 0.15) is 6.54 Å². The maximum absolute atomic E-state index is 12.2. The number of carbonyl (C=O) groups excluding carboxylic acids is 1. The highest BCUT2D eigenvalue weighted by molar-refractivity contribution is 6.33. The summed E-state index contributed by atoms with van der Waals surface area (Å²) in [6, 6.07) is 15.8. The molecule has 0 saturated carbocycles. The van der Waals surface area contributed by atoms with Crippen LogP contribution in [0.5, 0.6) is 0 Å². The fraction of sp³-hybridized carbons (Fsp3) is 0.235. The summed E-state index contributed by atoms with van der Waals surface area (Å²) in [6.45, 7) is 2.37. The molecule has 108 valence electrons. The number of hydrogen-bond acceptors (Lipinski definition) is 1. The van der Waals surface area contributed by atoms with Gasteiger partial charge < -0.3 is 10.2 Å². The van der Waals surface area contributed by atoms with Gasteiger partial charge in [-0.2, -0.15) is 0 Å². The predicted molar refractivity (Wildman–Crippen MR) is 84.6 cm³/mol. The number of quaternary nitrogens is 1. The molecule has 0 fully saturated rings. The maximum atomic E-state index is 12.2. The highest BCUT2D eigenvalue weighted by atomic mass is 35.5. The highest BCUT2D eigenvalue weighted by Crippen LogP contribution is 2.20. The second-order valence-electron chi connectivity index (χ2n) is 5.40. The zero-order valence-electron chi connectivity index (χ0n) is 11.7. The minimum atomic E-state index is 0.0116. The quantitative estimate of drug-likeness (QED) is 0.892. The lowest BCUT2D eigenvalue weighted by Crippen LogP contribution is -3.12. The summed E-state index contributed by atoms with van der Waals surface area (Å²) in [5.74, 6) is 0.0116. The number of hydrogen-bond donors (Lipinski definition) is 2. The molecular weight excluding hydrogens is 284 g/mol. The molecule has 2 aromatic carbocycles. The van der Waals surface area contributed by atoms with Crippen LogP contribution in [-0.2, 0) is 17.8 Å². The maximum Gasteiger partial charge on any atom is 0.279 e. The molecule has 3 nitrogen and oxygen atoms in total. The molecule has 1 aliphatic heterocycles. The average molecular weight is 302 g/mol. The van der Waals surface area contributed by atoms with Crippen molar-refractivity contribution in [1.82, 2.24) is 0 Å². The third-order valence-electron chi connectivity index (χ3n) is 3.87. The molecule has 0 bridgehead atoms. The van der Waals surface area contributed by atoms with Gasteiger partial charge in [0.2, 0.25) is 0 Å². The lowest BCUT2D eigenvalue weighted by molar-refractivity contribution is -0.907. The van der Waals surface area contributed by atoms with Gasteiger partial charge in [-0.25, -0.2) is 0 Å². The third-order valence-corrected chi connectivity index (χ3v) is 4.19. The second-order valence-corrected chi connectivity index (χ2v) is 5.81. The van der Waals surface area contributed by atoms with Gasteiger partial charge in [-0.3, -0.25) is 4.79 Å². The normalized spacial score (nSPS) is 17.1. The van der Waals surface area contributed by atoms with Gasteiger partial charge in [0, 0.05) is 12.0 Å². The SMILES string of the molecule is O=C(C[NH+]1CCc2ccccc2C1)Nc1ccccc1Cl. The van der Waals surface area contributed by atoms with Crippen LogP contribution in [0.3, 0.4) is 0 Å². The predicted octanol–water partition coefficient (Wildman–Crippen LogP) is 1.92. The average Bonchev–Trinajstić information content (AvgIpc) is 2.49. The number of para-hydroxylation sites is 1. The molecule has 0 spiro atoms.